The number of likely N-dealkylation sites (tertiary alicyclic amines) is 1. The van der Waals surface area contributed by atoms with Crippen LogP contribution in [0.2, 0.25) is 0 Å². The van der Waals surface area contributed by atoms with Crippen molar-refractivity contribution in [2.24, 2.45) is 0 Å². The predicted octanol–water partition coefficient (Wildman–Crippen LogP) is 1.98. The van der Waals surface area contributed by atoms with Crippen LogP contribution >= 0.6 is 0 Å². The Hall–Kier alpha value is -0.0800. The molecule has 2 heteroatoms. The van der Waals surface area contributed by atoms with Gasteiger partial charge >= 0.3 is 0 Å². The molecule has 0 radical (unpaired) electrons. The first-order chi connectivity index (χ1) is 5.42. The van der Waals surface area contributed by atoms with E-state index in [-0.39, 0.29) is 5.54 Å². The van der Waals surface area contributed by atoms with Crippen molar-refractivity contribution in [3.8, 4) is 0 Å². The number of nitrogens with zero attached hydrogens (tertiary/aromatic N) is 1. The van der Waals surface area contributed by atoms with Gasteiger partial charge in [-0.2, -0.15) is 0 Å². The minimum Gasteiger partial charge on any atom is -0.376 e. The van der Waals surface area contributed by atoms with E-state index in [0.29, 0.717) is 0 Å². The van der Waals surface area contributed by atoms with Crippen molar-refractivity contribution in [1.29, 1.82) is 0 Å². The minimum atomic E-state index is -0.554. The lowest BCUT2D eigenvalue weighted by Gasteiger charge is -2.50. The molecule has 0 aromatic carbocycles. The SMILES string of the molecule is CCC1(O)CCCC(C)(C)N1C. The summed E-state index contributed by atoms with van der Waals surface area (Å²) < 4.78 is 0. The fraction of sp³-hybridized carbons (Fsp3) is 1.00. The van der Waals surface area contributed by atoms with E-state index in [1.165, 1.54) is 6.42 Å². The summed E-state index contributed by atoms with van der Waals surface area (Å²) >= 11 is 0. The molecule has 0 bridgehead atoms. The maximum Gasteiger partial charge on any atom is 0.118 e. The van der Waals surface area contributed by atoms with Crippen molar-refractivity contribution in [2.45, 2.75) is 57.7 Å². The zero-order chi connectivity index (χ0) is 9.41. The van der Waals surface area contributed by atoms with Crippen molar-refractivity contribution in [3.63, 3.8) is 0 Å². The van der Waals surface area contributed by atoms with Gasteiger partial charge in [0, 0.05) is 5.54 Å². The van der Waals surface area contributed by atoms with Crippen molar-refractivity contribution in [3.05, 3.63) is 0 Å². The lowest BCUT2D eigenvalue weighted by Crippen LogP contribution is -2.58. The van der Waals surface area contributed by atoms with E-state index in [2.05, 4.69) is 25.7 Å². The number of piperidine rings is 1. The first-order valence-electron chi connectivity index (χ1n) is 4.89. The molecule has 72 valence electrons. The lowest BCUT2D eigenvalue weighted by atomic mass is 9.84. The molecule has 0 aromatic rings. The molecule has 0 amide bonds. The van der Waals surface area contributed by atoms with Crippen LogP contribution in [0, 0.1) is 0 Å². The molecule has 1 atom stereocenters. The summed E-state index contributed by atoms with van der Waals surface area (Å²) in [5.74, 6) is 0. The molecule has 2 nitrogen and oxygen atoms in total. The van der Waals surface area contributed by atoms with Crippen LogP contribution in [0.25, 0.3) is 0 Å². The molecule has 1 aliphatic rings. The number of hydrogen-bond donors (Lipinski definition) is 1. The van der Waals surface area contributed by atoms with E-state index >= 15 is 0 Å². The van der Waals surface area contributed by atoms with Gasteiger partial charge in [-0.1, -0.05) is 6.92 Å². The monoisotopic (exact) mass is 171 g/mol. The van der Waals surface area contributed by atoms with Crippen LogP contribution in [0.15, 0.2) is 0 Å². The number of hydrogen-bond acceptors (Lipinski definition) is 2. The summed E-state index contributed by atoms with van der Waals surface area (Å²) in [4.78, 5) is 2.13. The molecule has 1 aliphatic heterocycles. The Balaban J connectivity index is 2.79. The Labute approximate surface area is 75.6 Å². The fourth-order valence-corrected chi connectivity index (χ4v) is 2.12. The minimum absolute atomic E-state index is 0.156. The zero-order valence-corrected chi connectivity index (χ0v) is 8.72. The quantitative estimate of drug-likeness (QED) is 0.652. The van der Waals surface area contributed by atoms with Gasteiger partial charge in [0.05, 0.1) is 0 Å². The third-order valence-electron chi connectivity index (χ3n) is 3.46. The Kier molecular flexibility index (Phi) is 2.50. The fourth-order valence-electron chi connectivity index (χ4n) is 2.12. The van der Waals surface area contributed by atoms with E-state index in [9.17, 15) is 5.11 Å². The maximum absolute atomic E-state index is 10.2. The van der Waals surface area contributed by atoms with Gasteiger partial charge in [0.1, 0.15) is 5.72 Å². The summed E-state index contributed by atoms with van der Waals surface area (Å²) in [6, 6.07) is 0. The molecule has 0 saturated carbocycles. The van der Waals surface area contributed by atoms with E-state index in [1.54, 1.807) is 0 Å². The summed E-state index contributed by atoms with van der Waals surface area (Å²) in [6.07, 6.45) is 4.07. The van der Waals surface area contributed by atoms with Crippen LogP contribution in [0.4, 0.5) is 0 Å². The average molecular weight is 171 g/mol. The van der Waals surface area contributed by atoms with Gasteiger partial charge in [-0.25, -0.2) is 0 Å². The second-order valence-corrected chi connectivity index (χ2v) is 4.56. The number of aliphatic hydroxyl groups is 1. The molecular weight excluding hydrogens is 150 g/mol. The summed E-state index contributed by atoms with van der Waals surface area (Å²) in [5.41, 5.74) is -0.398. The normalized spacial score (nSPS) is 36.8. The Bertz CT molecular complexity index is 167. The molecule has 0 aliphatic carbocycles. The van der Waals surface area contributed by atoms with Crippen LogP contribution in [-0.2, 0) is 0 Å². The highest BCUT2D eigenvalue weighted by Gasteiger charge is 2.41. The van der Waals surface area contributed by atoms with Gasteiger partial charge in [0.2, 0.25) is 0 Å². The maximum atomic E-state index is 10.2. The summed E-state index contributed by atoms with van der Waals surface area (Å²) in [5, 5.41) is 10.2. The Morgan fingerprint density at radius 3 is 2.33 bits per heavy atom. The smallest absolute Gasteiger partial charge is 0.118 e. The Morgan fingerprint density at radius 2 is 1.92 bits per heavy atom. The van der Waals surface area contributed by atoms with Gasteiger partial charge in [-0.15, -0.1) is 0 Å². The van der Waals surface area contributed by atoms with Crippen molar-refractivity contribution < 1.29 is 5.11 Å². The largest absolute Gasteiger partial charge is 0.376 e. The molecule has 0 aromatic heterocycles. The highest BCUT2D eigenvalue weighted by Crippen LogP contribution is 2.36. The van der Waals surface area contributed by atoms with Crippen LogP contribution in [-0.4, -0.2) is 28.3 Å². The van der Waals surface area contributed by atoms with Crippen molar-refractivity contribution in [2.75, 3.05) is 7.05 Å². The number of rotatable bonds is 1. The molecular formula is C10H21NO. The predicted molar refractivity (Wildman–Crippen MR) is 50.9 cm³/mol. The second kappa shape index (κ2) is 3.00. The Morgan fingerprint density at radius 1 is 1.33 bits per heavy atom. The molecule has 12 heavy (non-hydrogen) atoms. The first-order valence-corrected chi connectivity index (χ1v) is 4.89. The van der Waals surface area contributed by atoms with Gasteiger partial charge in [0.15, 0.2) is 0 Å². The van der Waals surface area contributed by atoms with Crippen LogP contribution in [0.1, 0.15) is 46.5 Å². The zero-order valence-electron chi connectivity index (χ0n) is 8.72. The van der Waals surface area contributed by atoms with Gasteiger partial charge in [-0.05, 0) is 46.6 Å². The van der Waals surface area contributed by atoms with Gasteiger partial charge in [0.25, 0.3) is 0 Å². The molecule has 1 saturated heterocycles. The standard InChI is InChI=1S/C10H21NO/c1-5-10(12)8-6-7-9(2,3)11(10)4/h12H,5-8H2,1-4H3. The molecule has 1 heterocycles. The van der Waals surface area contributed by atoms with Crippen molar-refractivity contribution in [1.82, 2.24) is 4.90 Å². The molecule has 1 N–H and O–H groups in total. The summed E-state index contributed by atoms with van der Waals surface area (Å²) in [6.45, 7) is 6.46. The summed E-state index contributed by atoms with van der Waals surface area (Å²) in [7, 11) is 2.03. The third kappa shape index (κ3) is 1.50. The topological polar surface area (TPSA) is 23.5 Å². The average Bonchev–Trinajstić information content (AvgIpc) is 2.00. The van der Waals surface area contributed by atoms with Crippen molar-refractivity contribution >= 4 is 0 Å². The van der Waals surface area contributed by atoms with E-state index in [0.717, 1.165) is 19.3 Å². The van der Waals surface area contributed by atoms with Gasteiger partial charge in [-0.3, -0.25) is 4.90 Å². The van der Waals surface area contributed by atoms with Gasteiger partial charge < -0.3 is 5.11 Å². The molecule has 0 spiro atoms. The van der Waals surface area contributed by atoms with Crippen LogP contribution in [0.5, 0.6) is 0 Å². The van der Waals surface area contributed by atoms with E-state index in [1.807, 2.05) is 7.05 Å². The highest BCUT2D eigenvalue weighted by molar-refractivity contribution is 4.92. The third-order valence-corrected chi connectivity index (χ3v) is 3.46. The molecule has 1 fully saturated rings. The van der Waals surface area contributed by atoms with Crippen LogP contribution in [0.3, 0.4) is 0 Å². The molecule has 1 unspecified atom stereocenters. The highest BCUT2D eigenvalue weighted by atomic mass is 16.3. The first kappa shape index (κ1) is 10.0. The van der Waals surface area contributed by atoms with E-state index < -0.39 is 5.72 Å². The molecule has 1 rings (SSSR count). The van der Waals surface area contributed by atoms with Crippen LogP contribution < -0.4 is 0 Å². The second-order valence-electron chi connectivity index (χ2n) is 4.56. The lowest BCUT2D eigenvalue weighted by molar-refractivity contribution is -0.167. The van der Waals surface area contributed by atoms with E-state index in [4.69, 9.17) is 0 Å².